The second-order valence-corrected chi connectivity index (χ2v) is 3.05. The molecule has 24 heavy (non-hydrogen) atoms. The van der Waals surface area contributed by atoms with Gasteiger partial charge >= 0.3 is 88.7 Å². The van der Waals surface area contributed by atoms with Crippen molar-refractivity contribution in [1.29, 1.82) is 0 Å². The van der Waals surface area contributed by atoms with Crippen LogP contribution in [-0.4, -0.2) is 86.7 Å². The molecule has 0 aliphatic rings. The Hall–Kier alpha value is 1.17. The van der Waals surface area contributed by atoms with Crippen LogP contribution in [0.5, 0.6) is 0 Å². The van der Waals surface area contributed by atoms with Crippen LogP contribution in [-0.2, 0) is 14.4 Å². The molecule has 0 aromatic carbocycles. The average Bonchev–Trinajstić information content (AvgIpc) is 2.45. The minimum Gasteiger partial charge on any atom is -0.547 e. The summed E-state index contributed by atoms with van der Waals surface area (Å²) in [6.07, 6.45) is -5.21. The Kier molecular flexibility index (Phi) is 44.0. The molecule has 3 atom stereocenters. The molecule has 126 valence electrons. The topological polar surface area (TPSA) is 242 Å². The number of rotatable bonds is 6. The summed E-state index contributed by atoms with van der Waals surface area (Å²) in [6.45, 7) is -2.37. The van der Waals surface area contributed by atoms with E-state index in [0.717, 1.165) is 0 Å². The van der Waals surface area contributed by atoms with E-state index >= 15 is 0 Å². The minimum absolute atomic E-state index is 0. The predicted molar refractivity (Wildman–Crippen MR) is 54.3 cm³/mol. The summed E-state index contributed by atoms with van der Waals surface area (Å²) in [5.41, 5.74) is 0. The fraction of sp³-hybridized carbons (Fsp3) is 0.667. The monoisotopic (exact) mass is 384 g/mol. The van der Waals surface area contributed by atoms with E-state index in [1.54, 1.807) is 0 Å². The molecule has 0 heterocycles. The van der Waals surface area contributed by atoms with Crippen LogP contribution in [0.15, 0.2) is 0 Å². The van der Waals surface area contributed by atoms with Crippen molar-refractivity contribution < 1.29 is 149 Å². The summed E-state index contributed by atoms with van der Waals surface area (Å²) in [7, 11) is 0. The average molecular weight is 384 g/mol. The Morgan fingerprint density at radius 2 is 0.708 bits per heavy atom. The van der Waals surface area contributed by atoms with Crippen molar-refractivity contribution in [3.8, 4) is 0 Å². The molecule has 0 aromatic heterocycles. The Labute approximate surface area is 203 Å². The molecule has 0 aliphatic heterocycles. The fourth-order valence-corrected chi connectivity index (χ4v) is 0.224. The molecule has 0 aromatic rings. The van der Waals surface area contributed by atoms with Crippen molar-refractivity contribution in [2.75, 3.05) is 19.8 Å². The number of carboxylic acid groups (broad SMARTS) is 3. The molecular formula is C9H15Na3O12. The SMILES string of the molecule is O=C([O-])C(O)CO.O=C([O-])C(O)CO.O=C([O-])C(O)CO.[Na+].[Na+].[Na+]. The first-order valence-electron chi connectivity index (χ1n) is 5.04. The first kappa shape index (κ1) is 40.0. The number of aliphatic hydroxyl groups is 6. The van der Waals surface area contributed by atoms with Crippen LogP contribution >= 0.6 is 0 Å². The van der Waals surface area contributed by atoms with Crippen LogP contribution in [0, 0.1) is 0 Å². The number of carbonyl (C=O) groups excluding carboxylic acids is 3. The third kappa shape index (κ3) is 31.0. The van der Waals surface area contributed by atoms with Gasteiger partial charge < -0.3 is 60.3 Å². The first-order valence-corrected chi connectivity index (χ1v) is 5.04. The molecule has 0 amide bonds. The van der Waals surface area contributed by atoms with Crippen LogP contribution in [0.25, 0.3) is 0 Å². The first-order chi connectivity index (χ1) is 9.54. The summed E-state index contributed by atoms with van der Waals surface area (Å²) in [4.78, 5) is 28.2. The molecule has 0 saturated carbocycles. The predicted octanol–water partition coefficient (Wildman–Crippen LogP) is -17.7. The number of hydrogen-bond donors (Lipinski definition) is 6. The van der Waals surface area contributed by atoms with Gasteiger partial charge in [-0.1, -0.05) is 0 Å². The molecular weight excluding hydrogens is 369 g/mol. The Morgan fingerprint density at radius 1 is 0.583 bits per heavy atom. The van der Waals surface area contributed by atoms with E-state index in [0.29, 0.717) is 0 Å². The van der Waals surface area contributed by atoms with Gasteiger partial charge in [-0.25, -0.2) is 0 Å². The molecule has 0 bridgehead atoms. The minimum atomic E-state index is -1.74. The molecule has 0 spiro atoms. The van der Waals surface area contributed by atoms with E-state index in [1.165, 1.54) is 0 Å². The molecule has 3 unspecified atom stereocenters. The molecule has 0 fully saturated rings. The largest absolute Gasteiger partial charge is 1.00 e. The van der Waals surface area contributed by atoms with Crippen LogP contribution in [0.1, 0.15) is 0 Å². The molecule has 0 rings (SSSR count). The van der Waals surface area contributed by atoms with Gasteiger partial charge in [0.1, 0.15) is 18.3 Å². The molecule has 0 saturated heterocycles. The maximum absolute atomic E-state index is 9.41. The van der Waals surface area contributed by atoms with Crippen molar-refractivity contribution in [2.24, 2.45) is 0 Å². The standard InChI is InChI=1S/3C3H6O4.3Na/c3*4-1-2(5)3(6)7;;;/h3*2,4-5H,1H2,(H,6,7);;;/q;;;3*+1/p-3. The summed E-state index contributed by atoms with van der Waals surface area (Å²) in [6, 6.07) is 0. The quantitative estimate of drug-likeness (QED) is 0.234. The van der Waals surface area contributed by atoms with E-state index in [2.05, 4.69) is 0 Å². The smallest absolute Gasteiger partial charge is 0.547 e. The zero-order valence-electron chi connectivity index (χ0n) is 13.5. The summed E-state index contributed by atoms with van der Waals surface area (Å²) in [5.74, 6) is -4.95. The second-order valence-electron chi connectivity index (χ2n) is 3.05. The Balaban J connectivity index is -0.0000000476. The molecule has 12 nitrogen and oxygen atoms in total. The van der Waals surface area contributed by atoms with E-state index < -0.39 is 56.0 Å². The van der Waals surface area contributed by atoms with E-state index in [4.69, 9.17) is 30.6 Å². The van der Waals surface area contributed by atoms with E-state index in [9.17, 15) is 29.7 Å². The van der Waals surface area contributed by atoms with Crippen molar-refractivity contribution in [3.63, 3.8) is 0 Å². The van der Waals surface area contributed by atoms with Crippen molar-refractivity contribution in [1.82, 2.24) is 0 Å². The Bertz CT molecular complexity index is 269. The van der Waals surface area contributed by atoms with E-state index in [1.807, 2.05) is 0 Å². The number of carbonyl (C=O) groups is 3. The van der Waals surface area contributed by atoms with Gasteiger partial charge in [0.05, 0.1) is 37.7 Å². The van der Waals surface area contributed by atoms with E-state index in [-0.39, 0.29) is 88.7 Å². The van der Waals surface area contributed by atoms with Crippen LogP contribution in [0.4, 0.5) is 0 Å². The maximum atomic E-state index is 9.41. The molecule has 6 N–H and O–H groups in total. The van der Waals surface area contributed by atoms with Gasteiger partial charge in [-0.2, -0.15) is 0 Å². The van der Waals surface area contributed by atoms with Gasteiger partial charge in [-0.3, -0.25) is 0 Å². The van der Waals surface area contributed by atoms with Crippen LogP contribution in [0.2, 0.25) is 0 Å². The summed E-state index contributed by atoms with van der Waals surface area (Å²) >= 11 is 0. The number of carboxylic acids is 3. The van der Waals surface area contributed by atoms with Crippen LogP contribution < -0.4 is 104 Å². The number of hydrogen-bond acceptors (Lipinski definition) is 12. The molecule has 0 aliphatic carbocycles. The summed E-state index contributed by atoms with van der Waals surface area (Å²) < 4.78 is 0. The third-order valence-corrected chi connectivity index (χ3v) is 1.34. The maximum Gasteiger partial charge on any atom is 1.00 e. The second kappa shape index (κ2) is 26.4. The van der Waals surface area contributed by atoms with Gasteiger partial charge in [-0.15, -0.1) is 0 Å². The van der Waals surface area contributed by atoms with Gasteiger partial charge in [0, 0.05) is 0 Å². The van der Waals surface area contributed by atoms with Crippen LogP contribution in [0.3, 0.4) is 0 Å². The molecule has 0 radical (unpaired) electrons. The van der Waals surface area contributed by atoms with Crippen molar-refractivity contribution in [3.05, 3.63) is 0 Å². The van der Waals surface area contributed by atoms with Gasteiger partial charge in [0.2, 0.25) is 0 Å². The number of aliphatic carboxylic acids is 3. The molecule has 15 heteroatoms. The third-order valence-electron chi connectivity index (χ3n) is 1.34. The van der Waals surface area contributed by atoms with Gasteiger partial charge in [0.15, 0.2) is 0 Å². The van der Waals surface area contributed by atoms with Gasteiger partial charge in [-0.05, 0) is 0 Å². The zero-order valence-corrected chi connectivity index (χ0v) is 19.5. The van der Waals surface area contributed by atoms with Gasteiger partial charge in [0.25, 0.3) is 0 Å². The zero-order chi connectivity index (χ0) is 17.6. The fourth-order valence-electron chi connectivity index (χ4n) is 0.224. The van der Waals surface area contributed by atoms with Crippen molar-refractivity contribution in [2.45, 2.75) is 18.3 Å². The number of aliphatic hydroxyl groups excluding tert-OH is 6. The normalized spacial score (nSPS) is 11.8. The van der Waals surface area contributed by atoms with Crippen molar-refractivity contribution >= 4 is 17.9 Å². The Morgan fingerprint density at radius 3 is 0.708 bits per heavy atom. The summed E-state index contributed by atoms with van der Waals surface area (Å²) in [5, 5.41) is 75.8.